The Balaban J connectivity index is 1.73. The average molecular weight is 450 g/mol. The zero-order valence-electron chi connectivity index (χ0n) is 18.2. The van der Waals surface area contributed by atoms with E-state index in [9.17, 15) is 17.6 Å². The standard InChI is InChI=1S/C23H28FNO5S/c1-16(26)22-15-21(13-14-25(22)30-23(2,3)4)31(27,28)20-11-9-19(10-12-20)29-18-7-5-17(24)6-8-18/h5-12,21-22H,13-15H2,1-4H3. The number of ketones is 1. The molecule has 0 radical (unpaired) electrons. The molecular weight excluding hydrogens is 421 g/mol. The first-order chi connectivity index (χ1) is 14.5. The number of nitrogens with zero attached hydrogens (tertiary/aromatic N) is 1. The van der Waals surface area contributed by atoms with E-state index in [4.69, 9.17) is 9.57 Å². The predicted octanol–water partition coefficient (Wildman–Crippen LogP) is 4.54. The van der Waals surface area contributed by atoms with Gasteiger partial charge in [0, 0.05) is 6.54 Å². The van der Waals surface area contributed by atoms with Crippen LogP contribution in [0, 0.1) is 5.82 Å². The van der Waals surface area contributed by atoms with Crippen molar-refractivity contribution < 1.29 is 27.2 Å². The SMILES string of the molecule is CC(=O)C1CC(S(=O)(=O)c2ccc(Oc3ccc(F)cc3)cc2)CCN1OC(C)(C)C. The second kappa shape index (κ2) is 9.06. The molecule has 2 unspecified atom stereocenters. The number of benzene rings is 2. The molecule has 168 valence electrons. The van der Waals surface area contributed by atoms with Gasteiger partial charge in [-0.3, -0.25) is 9.63 Å². The summed E-state index contributed by atoms with van der Waals surface area (Å²) in [5, 5.41) is 0.943. The molecular formula is C23H28FNO5S. The van der Waals surface area contributed by atoms with Crippen LogP contribution in [0.2, 0.25) is 0 Å². The van der Waals surface area contributed by atoms with Crippen molar-refractivity contribution in [2.75, 3.05) is 6.54 Å². The van der Waals surface area contributed by atoms with E-state index in [0.29, 0.717) is 24.5 Å². The number of Topliss-reactive ketones (excluding diaryl/α,β-unsaturated/α-hetero) is 1. The zero-order valence-corrected chi connectivity index (χ0v) is 19.0. The van der Waals surface area contributed by atoms with Gasteiger partial charge in [-0.25, -0.2) is 12.8 Å². The van der Waals surface area contributed by atoms with Crippen molar-refractivity contribution in [3.63, 3.8) is 0 Å². The molecule has 0 aromatic heterocycles. The maximum absolute atomic E-state index is 13.2. The molecule has 6 nitrogen and oxygen atoms in total. The minimum absolute atomic E-state index is 0.118. The van der Waals surface area contributed by atoms with Crippen molar-refractivity contribution in [1.29, 1.82) is 0 Å². The number of halogens is 1. The molecule has 1 fully saturated rings. The third-order valence-corrected chi connectivity index (χ3v) is 7.24. The average Bonchev–Trinajstić information content (AvgIpc) is 2.69. The number of hydroxylamine groups is 2. The quantitative estimate of drug-likeness (QED) is 0.645. The van der Waals surface area contributed by atoms with Crippen LogP contribution in [0.15, 0.2) is 53.4 Å². The van der Waals surface area contributed by atoms with Crippen LogP contribution in [0.4, 0.5) is 4.39 Å². The van der Waals surface area contributed by atoms with Gasteiger partial charge in [0.1, 0.15) is 23.1 Å². The predicted molar refractivity (Wildman–Crippen MR) is 115 cm³/mol. The summed E-state index contributed by atoms with van der Waals surface area (Å²) in [4.78, 5) is 18.2. The van der Waals surface area contributed by atoms with Crippen LogP contribution in [0.1, 0.15) is 40.5 Å². The molecule has 0 aliphatic carbocycles. The largest absolute Gasteiger partial charge is 0.457 e. The number of carbonyl (C=O) groups is 1. The lowest BCUT2D eigenvalue weighted by molar-refractivity contribution is -0.252. The lowest BCUT2D eigenvalue weighted by atomic mass is 10.0. The number of sulfone groups is 1. The monoisotopic (exact) mass is 449 g/mol. The maximum atomic E-state index is 13.2. The summed E-state index contributed by atoms with van der Waals surface area (Å²) in [7, 11) is -3.63. The van der Waals surface area contributed by atoms with Gasteiger partial charge in [0.25, 0.3) is 0 Å². The Kier molecular flexibility index (Phi) is 6.83. The van der Waals surface area contributed by atoms with Gasteiger partial charge < -0.3 is 4.74 Å². The van der Waals surface area contributed by atoms with Gasteiger partial charge in [-0.1, -0.05) is 0 Å². The molecule has 1 heterocycles. The molecule has 0 saturated carbocycles. The Labute approximate surface area is 182 Å². The van der Waals surface area contributed by atoms with Gasteiger partial charge in [0.2, 0.25) is 0 Å². The molecule has 8 heteroatoms. The highest BCUT2D eigenvalue weighted by Gasteiger charge is 2.40. The summed E-state index contributed by atoms with van der Waals surface area (Å²) in [5.41, 5.74) is -0.472. The second-order valence-electron chi connectivity index (χ2n) is 8.69. The summed E-state index contributed by atoms with van der Waals surface area (Å²) >= 11 is 0. The molecule has 1 aliphatic rings. The van der Waals surface area contributed by atoms with Crippen molar-refractivity contribution in [2.45, 2.75) is 62.3 Å². The number of hydrogen-bond donors (Lipinski definition) is 0. The number of carbonyl (C=O) groups excluding carboxylic acids is 1. The minimum Gasteiger partial charge on any atom is -0.457 e. The summed E-state index contributed by atoms with van der Waals surface area (Å²) in [6.45, 7) is 7.49. The van der Waals surface area contributed by atoms with Crippen LogP contribution in [0.25, 0.3) is 0 Å². The van der Waals surface area contributed by atoms with Crippen LogP contribution in [-0.4, -0.2) is 42.7 Å². The van der Waals surface area contributed by atoms with E-state index in [0.717, 1.165) is 0 Å². The van der Waals surface area contributed by atoms with E-state index in [-0.39, 0.29) is 22.9 Å². The normalized spacial score (nSPS) is 20.4. The molecule has 2 aromatic carbocycles. The topological polar surface area (TPSA) is 72.9 Å². The summed E-state index contributed by atoms with van der Waals surface area (Å²) in [6.07, 6.45) is 0.553. The Morgan fingerprint density at radius 1 is 1.03 bits per heavy atom. The van der Waals surface area contributed by atoms with E-state index in [1.807, 2.05) is 20.8 Å². The number of hydrogen-bond acceptors (Lipinski definition) is 6. The molecule has 1 saturated heterocycles. The molecule has 0 amide bonds. The second-order valence-corrected chi connectivity index (χ2v) is 10.9. The Morgan fingerprint density at radius 3 is 2.10 bits per heavy atom. The lowest BCUT2D eigenvalue weighted by Crippen LogP contribution is -2.51. The molecule has 2 aromatic rings. The highest BCUT2D eigenvalue weighted by atomic mass is 32.2. The Hall–Kier alpha value is -2.29. The summed E-state index contributed by atoms with van der Waals surface area (Å²) in [6, 6.07) is 11.1. The zero-order chi connectivity index (χ0) is 22.8. The van der Waals surface area contributed by atoms with E-state index in [1.165, 1.54) is 43.3 Å². The van der Waals surface area contributed by atoms with Crippen LogP contribution >= 0.6 is 0 Å². The highest BCUT2D eigenvalue weighted by Crippen LogP contribution is 2.31. The van der Waals surface area contributed by atoms with Crippen molar-refractivity contribution in [1.82, 2.24) is 5.06 Å². The first-order valence-corrected chi connectivity index (χ1v) is 11.7. The van der Waals surface area contributed by atoms with Gasteiger partial charge in [-0.15, -0.1) is 0 Å². The van der Waals surface area contributed by atoms with Crippen LogP contribution in [-0.2, 0) is 19.5 Å². The van der Waals surface area contributed by atoms with Crippen molar-refractivity contribution in [3.05, 3.63) is 54.3 Å². The van der Waals surface area contributed by atoms with Gasteiger partial charge in [-0.2, -0.15) is 5.06 Å². The third-order valence-electron chi connectivity index (χ3n) is 5.01. The first kappa shape index (κ1) is 23.4. The van der Waals surface area contributed by atoms with Crippen LogP contribution < -0.4 is 4.74 Å². The molecule has 2 atom stereocenters. The van der Waals surface area contributed by atoms with Gasteiger partial charge in [-0.05, 0) is 89.1 Å². The summed E-state index contributed by atoms with van der Waals surface area (Å²) in [5.74, 6) is 0.414. The number of rotatable bonds is 6. The van der Waals surface area contributed by atoms with Gasteiger partial charge in [0.05, 0.1) is 21.8 Å². The lowest BCUT2D eigenvalue weighted by Gasteiger charge is -2.40. The van der Waals surface area contributed by atoms with E-state index >= 15 is 0 Å². The van der Waals surface area contributed by atoms with Crippen molar-refractivity contribution >= 4 is 15.6 Å². The van der Waals surface area contributed by atoms with Crippen molar-refractivity contribution in [3.8, 4) is 11.5 Å². The molecule has 1 aliphatic heterocycles. The fourth-order valence-corrected chi connectivity index (χ4v) is 5.30. The molecule has 31 heavy (non-hydrogen) atoms. The maximum Gasteiger partial charge on any atom is 0.181 e. The smallest absolute Gasteiger partial charge is 0.181 e. The van der Waals surface area contributed by atoms with E-state index in [2.05, 4.69) is 0 Å². The van der Waals surface area contributed by atoms with Crippen LogP contribution in [0.5, 0.6) is 11.5 Å². The molecule has 0 spiro atoms. The summed E-state index contributed by atoms with van der Waals surface area (Å²) < 4.78 is 45.0. The van der Waals surface area contributed by atoms with E-state index in [1.54, 1.807) is 17.2 Å². The minimum atomic E-state index is -3.63. The van der Waals surface area contributed by atoms with Gasteiger partial charge >= 0.3 is 0 Å². The first-order valence-electron chi connectivity index (χ1n) is 10.2. The van der Waals surface area contributed by atoms with Crippen LogP contribution in [0.3, 0.4) is 0 Å². The molecule has 0 bridgehead atoms. The van der Waals surface area contributed by atoms with Crippen molar-refractivity contribution in [2.24, 2.45) is 0 Å². The highest BCUT2D eigenvalue weighted by molar-refractivity contribution is 7.92. The van der Waals surface area contributed by atoms with E-state index < -0.39 is 26.7 Å². The van der Waals surface area contributed by atoms with Gasteiger partial charge in [0.15, 0.2) is 9.84 Å². The molecule has 0 N–H and O–H groups in total. The fourth-order valence-electron chi connectivity index (χ4n) is 3.55. The number of piperidine rings is 1. The third kappa shape index (κ3) is 5.90. The molecule has 3 rings (SSSR count). The Morgan fingerprint density at radius 2 is 1.58 bits per heavy atom. The number of ether oxygens (including phenoxy) is 1. The fraction of sp³-hybridized carbons (Fsp3) is 0.435. The Bertz CT molecular complexity index is 1010.